The number of nitrogens with zero attached hydrogens (tertiary/aromatic N) is 2. The van der Waals surface area contributed by atoms with Gasteiger partial charge in [0.1, 0.15) is 16.7 Å². The molecule has 0 unspecified atom stereocenters. The summed E-state index contributed by atoms with van der Waals surface area (Å²) < 4.78 is 12.7. The zero-order valence-electron chi connectivity index (χ0n) is 27.6. The molecule has 0 aliphatic carbocycles. The lowest BCUT2D eigenvalue weighted by molar-refractivity contribution is 0.629. The number of furan rings is 2. The van der Waals surface area contributed by atoms with Crippen LogP contribution in [-0.4, -0.2) is 11.5 Å². The van der Waals surface area contributed by atoms with E-state index >= 15 is 0 Å². The van der Waals surface area contributed by atoms with E-state index in [1.165, 1.54) is 11.1 Å². The van der Waals surface area contributed by atoms with Crippen LogP contribution in [0.4, 0.5) is 22.9 Å². The molecular formula is C46H31N3O2. The highest BCUT2D eigenvalue weighted by Gasteiger charge is 2.19. The highest BCUT2D eigenvalue weighted by atomic mass is 16.4. The van der Waals surface area contributed by atoms with Crippen molar-refractivity contribution >= 4 is 62.1 Å². The first-order valence-corrected chi connectivity index (χ1v) is 17.2. The molecule has 1 aliphatic heterocycles. The molecule has 51 heavy (non-hydrogen) atoms. The Labute approximate surface area is 294 Å². The van der Waals surface area contributed by atoms with Gasteiger partial charge in [0.25, 0.3) is 0 Å². The summed E-state index contributed by atoms with van der Waals surface area (Å²) in [6, 6.07) is 53.2. The highest BCUT2D eigenvalue weighted by molar-refractivity contribution is 6.07. The zero-order valence-corrected chi connectivity index (χ0v) is 27.6. The van der Waals surface area contributed by atoms with Gasteiger partial charge in [-0.1, -0.05) is 109 Å². The Kier molecular flexibility index (Phi) is 6.81. The summed E-state index contributed by atoms with van der Waals surface area (Å²) >= 11 is 0. The summed E-state index contributed by atoms with van der Waals surface area (Å²) in [7, 11) is 0. The number of aromatic nitrogens is 1. The summed E-state index contributed by atoms with van der Waals surface area (Å²) in [5, 5.41) is 5.51. The number of benzene rings is 6. The van der Waals surface area contributed by atoms with Crippen LogP contribution in [0, 0.1) is 0 Å². The number of rotatable bonds is 6. The maximum absolute atomic E-state index is 6.35. The van der Waals surface area contributed by atoms with Gasteiger partial charge in [0.2, 0.25) is 5.88 Å². The fraction of sp³-hybridized carbons (Fsp3) is 0.0217. The lowest BCUT2D eigenvalue weighted by atomic mass is 10.0. The molecule has 242 valence electrons. The Balaban J connectivity index is 1.05. The van der Waals surface area contributed by atoms with E-state index in [0.717, 1.165) is 90.3 Å². The first kappa shape index (κ1) is 29.1. The van der Waals surface area contributed by atoms with Gasteiger partial charge < -0.3 is 19.1 Å². The molecule has 0 saturated heterocycles. The minimum Gasteiger partial charge on any atom is -0.454 e. The van der Waals surface area contributed by atoms with Crippen LogP contribution in [0.15, 0.2) is 173 Å². The summed E-state index contributed by atoms with van der Waals surface area (Å²) in [6.45, 7) is 0.771. The molecule has 4 heterocycles. The van der Waals surface area contributed by atoms with Crippen molar-refractivity contribution in [3.05, 3.63) is 169 Å². The summed E-state index contributed by atoms with van der Waals surface area (Å²) in [5.74, 6) is 0.831. The molecule has 5 nitrogen and oxygen atoms in total. The molecule has 0 bridgehead atoms. The third kappa shape index (κ3) is 4.98. The lowest BCUT2D eigenvalue weighted by Crippen LogP contribution is -2.09. The summed E-state index contributed by atoms with van der Waals surface area (Å²) in [6.07, 6.45) is 6.13. The summed E-state index contributed by atoms with van der Waals surface area (Å²) in [4.78, 5) is 6.96. The van der Waals surface area contributed by atoms with Gasteiger partial charge in [0, 0.05) is 57.3 Å². The van der Waals surface area contributed by atoms with E-state index < -0.39 is 0 Å². The van der Waals surface area contributed by atoms with Crippen LogP contribution < -0.4 is 10.2 Å². The molecule has 1 N–H and O–H groups in total. The normalized spacial score (nSPS) is 12.3. The third-order valence-corrected chi connectivity index (χ3v) is 9.78. The van der Waals surface area contributed by atoms with Crippen LogP contribution in [0.1, 0.15) is 5.56 Å². The van der Waals surface area contributed by atoms with Crippen molar-refractivity contribution in [1.29, 1.82) is 0 Å². The highest BCUT2D eigenvalue weighted by Crippen LogP contribution is 2.42. The lowest BCUT2D eigenvalue weighted by Gasteiger charge is -2.26. The SMILES string of the molecule is C1=Cc2c(oc3c(-c4ccc(N(c5ccc(-c6ccccc6)cc5)c5ccc(-c6ccnc7c6oc6ccccc67)cc5)cc4)cccc23)NC1. The number of anilines is 4. The van der Waals surface area contributed by atoms with Crippen LogP contribution >= 0.6 is 0 Å². The van der Waals surface area contributed by atoms with Crippen molar-refractivity contribution in [3.8, 4) is 33.4 Å². The van der Waals surface area contributed by atoms with E-state index in [9.17, 15) is 0 Å². The van der Waals surface area contributed by atoms with Crippen LogP contribution in [0.25, 0.3) is 72.5 Å². The van der Waals surface area contributed by atoms with Crippen molar-refractivity contribution < 1.29 is 8.83 Å². The Hall–Kier alpha value is -6.85. The zero-order chi connectivity index (χ0) is 33.7. The van der Waals surface area contributed by atoms with Crippen LogP contribution in [0.3, 0.4) is 0 Å². The van der Waals surface area contributed by atoms with Crippen molar-refractivity contribution in [1.82, 2.24) is 4.98 Å². The van der Waals surface area contributed by atoms with Crippen molar-refractivity contribution in [2.75, 3.05) is 16.8 Å². The first-order valence-electron chi connectivity index (χ1n) is 17.2. The Morgan fingerprint density at radius 1 is 0.510 bits per heavy atom. The van der Waals surface area contributed by atoms with Gasteiger partial charge in [-0.2, -0.15) is 0 Å². The van der Waals surface area contributed by atoms with E-state index in [-0.39, 0.29) is 0 Å². The van der Waals surface area contributed by atoms with Gasteiger partial charge in [0.15, 0.2) is 5.58 Å². The molecule has 5 heteroatoms. The second-order valence-corrected chi connectivity index (χ2v) is 12.8. The molecule has 3 aromatic heterocycles. The number of fused-ring (bicyclic) bond motifs is 6. The van der Waals surface area contributed by atoms with Gasteiger partial charge in [-0.3, -0.25) is 4.98 Å². The molecular weight excluding hydrogens is 627 g/mol. The van der Waals surface area contributed by atoms with Crippen molar-refractivity contribution in [3.63, 3.8) is 0 Å². The number of nitrogens with one attached hydrogen (secondary N) is 1. The Morgan fingerprint density at radius 2 is 1.12 bits per heavy atom. The van der Waals surface area contributed by atoms with E-state index in [0.29, 0.717) is 0 Å². The molecule has 6 aromatic carbocycles. The van der Waals surface area contributed by atoms with Gasteiger partial charge in [-0.25, -0.2) is 0 Å². The Morgan fingerprint density at radius 3 is 1.84 bits per heavy atom. The molecule has 0 spiro atoms. The van der Waals surface area contributed by atoms with Crippen molar-refractivity contribution in [2.24, 2.45) is 0 Å². The molecule has 0 atom stereocenters. The molecule has 0 amide bonds. The topological polar surface area (TPSA) is 54.4 Å². The number of para-hydroxylation sites is 2. The molecule has 0 saturated carbocycles. The van der Waals surface area contributed by atoms with Crippen LogP contribution in [0.5, 0.6) is 0 Å². The van der Waals surface area contributed by atoms with E-state index in [4.69, 9.17) is 8.83 Å². The fourth-order valence-electron chi connectivity index (χ4n) is 7.28. The van der Waals surface area contributed by atoms with Gasteiger partial charge in [0.05, 0.1) is 0 Å². The maximum atomic E-state index is 6.35. The van der Waals surface area contributed by atoms with Gasteiger partial charge >= 0.3 is 0 Å². The third-order valence-electron chi connectivity index (χ3n) is 9.78. The van der Waals surface area contributed by atoms with E-state index in [1.807, 2.05) is 36.5 Å². The predicted octanol–water partition coefficient (Wildman–Crippen LogP) is 12.6. The maximum Gasteiger partial charge on any atom is 0.201 e. The van der Waals surface area contributed by atoms with Crippen LogP contribution in [0.2, 0.25) is 0 Å². The molecule has 0 fully saturated rings. The van der Waals surface area contributed by atoms with Gasteiger partial charge in [-0.05, 0) is 76.9 Å². The van der Waals surface area contributed by atoms with Crippen molar-refractivity contribution in [2.45, 2.75) is 0 Å². The Bertz CT molecular complexity index is 2720. The molecule has 1 aliphatic rings. The average molecular weight is 658 g/mol. The van der Waals surface area contributed by atoms with Crippen LogP contribution in [-0.2, 0) is 0 Å². The number of hydrogen-bond acceptors (Lipinski definition) is 5. The predicted molar refractivity (Wildman–Crippen MR) is 210 cm³/mol. The molecule has 10 rings (SSSR count). The second kappa shape index (κ2) is 11.9. The largest absolute Gasteiger partial charge is 0.454 e. The summed E-state index contributed by atoms with van der Waals surface area (Å²) in [5.41, 5.74) is 14.3. The van der Waals surface area contributed by atoms with Gasteiger partial charge in [-0.15, -0.1) is 0 Å². The smallest absolute Gasteiger partial charge is 0.201 e. The van der Waals surface area contributed by atoms with E-state index in [1.54, 1.807) is 0 Å². The quantitative estimate of drug-likeness (QED) is 0.193. The number of pyridine rings is 1. The fourth-order valence-corrected chi connectivity index (χ4v) is 7.28. The number of hydrogen-bond donors (Lipinski definition) is 1. The standard InChI is InChI=1S/C46H31N3O2/c1-2-8-30(9-3-1)31-15-21-34(22-16-31)49(35-23-17-32(18-24-35)37-11-6-12-39-40-13-7-28-48-46(40)51-44(37)39)36-25-19-33(20-26-36)38-27-29-47-43-41-10-4-5-14-42(41)50-45(38)43/h1-27,29,48H,28H2. The minimum absolute atomic E-state index is 0.771. The minimum atomic E-state index is 0.771. The molecule has 9 aromatic rings. The van der Waals surface area contributed by atoms with E-state index in [2.05, 4.69) is 149 Å². The first-order chi connectivity index (χ1) is 25.3. The second-order valence-electron chi connectivity index (χ2n) is 12.8. The average Bonchev–Trinajstić information content (AvgIpc) is 3.78. The molecule has 0 radical (unpaired) electrons. The monoisotopic (exact) mass is 657 g/mol.